The molecule has 0 fully saturated rings. The van der Waals surface area contributed by atoms with E-state index in [0.29, 0.717) is 5.56 Å². The van der Waals surface area contributed by atoms with E-state index < -0.39 is 0 Å². The van der Waals surface area contributed by atoms with Crippen molar-refractivity contribution in [3.05, 3.63) is 35.4 Å². The summed E-state index contributed by atoms with van der Waals surface area (Å²) in [5.41, 5.74) is 1.71. The number of carbonyl (C=O) groups excluding carboxylic acids is 1. The summed E-state index contributed by atoms with van der Waals surface area (Å²) >= 11 is 4.69. The van der Waals surface area contributed by atoms with Gasteiger partial charge in [-0.2, -0.15) is 0 Å². The molecule has 1 rings (SSSR count). The van der Waals surface area contributed by atoms with Gasteiger partial charge in [0.1, 0.15) is 0 Å². The highest BCUT2D eigenvalue weighted by Gasteiger charge is 1.90. The van der Waals surface area contributed by atoms with Gasteiger partial charge in [0.25, 0.3) is 0 Å². The Labute approximate surface area is 71.0 Å². The Morgan fingerprint density at radius 1 is 1.36 bits per heavy atom. The van der Waals surface area contributed by atoms with E-state index in [1.807, 2.05) is 18.4 Å². The van der Waals surface area contributed by atoms with Gasteiger partial charge in [-0.05, 0) is 10.9 Å². The molecule has 1 nitrogen and oxygen atoms in total. The van der Waals surface area contributed by atoms with E-state index in [9.17, 15) is 4.79 Å². The molecule has 0 aliphatic rings. The van der Waals surface area contributed by atoms with E-state index in [1.54, 1.807) is 17.5 Å². The van der Waals surface area contributed by atoms with Gasteiger partial charge >= 0.3 is 0 Å². The Bertz CT molecular complexity index is 251. The number of hydrogen-bond acceptors (Lipinski definition) is 2. The summed E-state index contributed by atoms with van der Waals surface area (Å²) in [6.07, 6.45) is 2.58. The van der Waals surface area contributed by atoms with Gasteiger partial charge in [-0.25, -0.2) is 0 Å². The molecule has 0 aliphatic heterocycles. The van der Waals surface area contributed by atoms with Gasteiger partial charge in [-0.3, -0.25) is 4.79 Å². The fourth-order valence-electron chi connectivity index (χ4n) is 0.805. The summed E-state index contributed by atoms with van der Waals surface area (Å²) in [5.74, 6) is 0. The first-order valence-corrected chi connectivity index (χ1v) is 3.74. The monoisotopic (exact) mass is 163 g/mol. The Kier molecular flexibility index (Phi) is 2.93. The third kappa shape index (κ3) is 2.24. The van der Waals surface area contributed by atoms with Crippen LogP contribution in [0.4, 0.5) is 0 Å². The predicted molar refractivity (Wildman–Crippen MR) is 48.6 cm³/mol. The van der Waals surface area contributed by atoms with E-state index in [-0.39, 0.29) is 0 Å². The summed E-state index contributed by atoms with van der Waals surface area (Å²) < 4.78 is 0. The van der Waals surface area contributed by atoms with Crippen LogP contribution >= 0.6 is 12.2 Å². The second kappa shape index (κ2) is 3.98. The summed E-state index contributed by atoms with van der Waals surface area (Å²) in [5, 5.41) is 1.67. The third-order valence-corrected chi connectivity index (χ3v) is 1.56. The second-order valence-electron chi connectivity index (χ2n) is 2.17. The highest BCUT2D eigenvalue weighted by molar-refractivity contribution is 7.78. The van der Waals surface area contributed by atoms with E-state index in [0.717, 1.165) is 12.0 Å². The third-order valence-electron chi connectivity index (χ3n) is 1.39. The van der Waals surface area contributed by atoms with Crippen LogP contribution in [-0.4, -0.2) is 11.7 Å². The molecule has 0 bridgehead atoms. The normalized spacial score (nSPS) is 9.09. The minimum absolute atomic E-state index is 0.582. The fourth-order valence-corrected chi connectivity index (χ4v) is 0.998. The first-order chi connectivity index (χ1) is 5.36. The Balaban J connectivity index is 2.81. The van der Waals surface area contributed by atoms with Gasteiger partial charge in [0, 0.05) is 12.0 Å². The number of thiocarbonyl (C=S) groups is 1. The van der Waals surface area contributed by atoms with Gasteiger partial charge in [-0.15, -0.1) is 0 Å². The molecule has 0 atom stereocenters. The van der Waals surface area contributed by atoms with E-state index >= 15 is 0 Å². The minimum Gasteiger partial charge on any atom is -0.285 e. The topological polar surface area (TPSA) is 17.1 Å². The maximum atomic E-state index is 10.1. The molecule has 0 spiro atoms. The quantitative estimate of drug-likeness (QED) is 0.631. The number of benzene rings is 1. The highest BCUT2D eigenvalue weighted by atomic mass is 32.1. The number of hydrogen-bond donors (Lipinski definition) is 0. The average molecular weight is 163 g/mol. The van der Waals surface area contributed by atoms with Crippen LogP contribution in [0.15, 0.2) is 24.3 Å². The van der Waals surface area contributed by atoms with Crippen molar-refractivity contribution in [3.63, 3.8) is 0 Å². The lowest BCUT2D eigenvalue weighted by atomic mass is 10.1. The average Bonchev–Trinajstić information content (AvgIpc) is 2.07. The molecule has 0 N–H and O–H groups in total. The van der Waals surface area contributed by atoms with Crippen LogP contribution in [0, 0.1) is 0 Å². The van der Waals surface area contributed by atoms with Crippen molar-refractivity contribution in [2.45, 2.75) is 6.42 Å². The highest BCUT2D eigenvalue weighted by Crippen LogP contribution is 2.01. The van der Waals surface area contributed by atoms with Gasteiger partial charge < -0.3 is 0 Å². The van der Waals surface area contributed by atoms with Crippen LogP contribution in [0.1, 0.15) is 11.1 Å². The lowest BCUT2D eigenvalue weighted by Crippen LogP contribution is -1.85. The molecule has 0 aromatic heterocycles. The molecule has 0 amide bonds. The fraction of sp³-hybridized carbons (Fsp3) is 0.111. The zero-order valence-electron chi connectivity index (χ0n) is 5.91. The second-order valence-corrected chi connectivity index (χ2v) is 2.50. The van der Waals surface area contributed by atoms with Crippen LogP contribution in [0.3, 0.4) is 0 Å². The van der Waals surface area contributed by atoms with Crippen LogP contribution in [0.5, 0.6) is 0 Å². The zero-order chi connectivity index (χ0) is 8.10. The molecule has 0 saturated carbocycles. The molecule has 1 radical (unpaired) electrons. The molecule has 1 aromatic rings. The summed E-state index contributed by atoms with van der Waals surface area (Å²) in [6, 6.07) is 7.23. The standard InChI is InChI=1S/C9H7OS/c10-7-9-3-1-8(2-4-9)5-6-11/h1-4,6H,5H2. The van der Waals surface area contributed by atoms with Crippen molar-refractivity contribution < 1.29 is 4.79 Å². The van der Waals surface area contributed by atoms with Crippen molar-refractivity contribution in [1.82, 2.24) is 0 Å². The predicted octanol–water partition coefficient (Wildman–Crippen LogP) is 1.69. The molecular weight excluding hydrogens is 156 g/mol. The maximum Gasteiger partial charge on any atom is 0.233 e. The SMILES string of the molecule is O=[C]c1ccc(CC=S)cc1. The largest absolute Gasteiger partial charge is 0.285 e. The molecule has 0 saturated heterocycles. The molecular formula is C9H7OS. The Morgan fingerprint density at radius 2 is 2.00 bits per heavy atom. The van der Waals surface area contributed by atoms with E-state index in [4.69, 9.17) is 12.2 Å². The Hall–Kier alpha value is -1.02. The summed E-state index contributed by atoms with van der Waals surface area (Å²) in [4.78, 5) is 10.1. The van der Waals surface area contributed by atoms with Crippen LogP contribution < -0.4 is 0 Å². The first-order valence-electron chi connectivity index (χ1n) is 3.27. The summed E-state index contributed by atoms with van der Waals surface area (Å²) in [7, 11) is 0. The van der Waals surface area contributed by atoms with E-state index in [2.05, 4.69) is 0 Å². The molecule has 0 aliphatic carbocycles. The molecule has 1 aromatic carbocycles. The minimum atomic E-state index is 0.582. The van der Waals surface area contributed by atoms with Crippen molar-refractivity contribution in [2.75, 3.05) is 0 Å². The Morgan fingerprint density at radius 3 is 2.45 bits per heavy atom. The van der Waals surface area contributed by atoms with Gasteiger partial charge in [0.15, 0.2) is 0 Å². The molecule has 0 unspecified atom stereocenters. The first kappa shape index (κ1) is 8.08. The molecule has 11 heavy (non-hydrogen) atoms. The van der Waals surface area contributed by atoms with Crippen molar-refractivity contribution in [1.29, 1.82) is 0 Å². The summed E-state index contributed by atoms with van der Waals surface area (Å²) in [6.45, 7) is 0. The van der Waals surface area contributed by atoms with Crippen LogP contribution in [0.25, 0.3) is 0 Å². The lowest BCUT2D eigenvalue weighted by molar-refractivity contribution is 0.563. The van der Waals surface area contributed by atoms with Crippen molar-refractivity contribution in [2.24, 2.45) is 0 Å². The number of rotatable bonds is 3. The van der Waals surface area contributed by atoms with Crippen LogP contribution in [-0.2, 0) is 11.2 Å². The molecule has 55 valence electrons. The zero-order valence-corrected chi connectivity index (χ0v) is 6.73. The van der Waals surface area contributed by atoms with Gasteiger partial charge in [0.2, 0.25) is 6.29 Å². The smallest absolute Gasteiger partial charge is 0.233 e. The van der Waals surface area contributed by atoms with Gasteiger partial charge in [0.05, 0.1) is 0 Å². The van der Waals surface area contributed by atoms with Crippen LogP contribution in [0.2, 0.25) is 0 Å². The van der Waals surface area contributed by atoms with Crippen molar-refractivity contribution >= 4 is 23.9 Å². The lowest BCUT2D eigenvalue weighted by Gasteiger charge is -1.93. The van der Waals surface area contributed by atoms with E-state index in [1.165, 1.54) is 0 Å². The van der Waals surface area contributed by atoms with Gasteiger partial charge in [-0.1, -0.05) is 36.5 Å². The van der Waals surface area contributed by atoms with Crippen molar-refractivity contribution in [3.8, 4) is 0 Å². The maximum absolute atomic E-state index is 10.1. The molecule has 2 heteroatoms. The molecule has 0 heterocycles.